The molecular formula is C27H27N7O2. The predicted octanol–water partition coefficient (Wildman–Crippen LogP) is 3.41. The van der Waals surface area contributed by atoms with Gasteiger partial charge in [0.25, 0.3) is 11.8 Å². The van der Waals surface area contributed by atoms with Crippen LogP contribution in [0.1, 0.15) is 63.6 Å². The van der Waals surface area contributed by atoms with E-state index in [1.807, 2.05) is 38.1 Å². The summed E-state index contributed by atoms with van der Waals surface area (Å²) in [5.74, 6) is 0.00622. The molecule has 0 radical (unpaired) electrons. The molecule has 1 unspecified atom stereocenters. The largest absolute Gasteiger partial charge is 0.352 e. The van der Waals surface area contributed by atoms with Gasteiger partial charge in [0.2, 0.25) is 0 Å². The van der Waals surface area contributed by atoms with E-state index in [9.17, 15) is 9.59 Å². The highest BCUT2D eigenvalue weighted by atomic mass is 16.2. The van der Waals surface area contributed by atoms with E-state index in [1.165, 1.54) is 0 Å². The van der Waals surface area contributed by atoms with E-state index in [1.54, 1.807) is 58.8 Å². The van der Waals surface area contributed by atoms with Gasteiger partial charge in [-0.25, -0.2) is 4.98 Å². The molecular weight excluding hydrogens is 454 g/mol. The van der Waals surface area contributed by atoms with Gasteiger partial charge in [-0.1, -0.05) is 6.07 Å². The average Bonchev–Trinajstić information content (AvgIpc) is 3.54. The lowest BCUT2D eigenvalue weighted by Crippen LogP contribution is -2.30. The molecule has 4 aromatic rings. The Morgan fingerprint density at radius 3 is 2.61 bits per heavy atom. The molecule has 4 heterocycles. The van der Waals surface area contributed by atoms with Crippen LogP contribution in [-0.4, -0.2) is 49.6 Å². The lowest BCUT2D eigenvalue weighted by molar-refractivity contribution is 0.0952. The Morgan fingerprint density at radius 2 is 1.89 bits per heavy atom. The van der Waals surface area contributed by atoms with Crippen LogP contribution in [0.25, 0.3) is 0 Å². The van der Waals surface area contributed by atoms with Gasteiger partial charge in [0, 0.05) is 49.0 Å². The molecule has 9 heteroatoms. The average molecular weight is 482 g/mol. The number of fused-ring (bicyclic) bond motifs is 1. The Morgan fingerprint density at radius 1 is 1.06 bits per heavy atom. The first-order chi connectivity index (χ1) is 17.5. The van der Waals surface area contributed by atoms with Crippen molar-refractivity contribution in [2.24, 2.45) is 0 Å². The Labute approximate surface area is 209 Å². The van der Waals surface area contributed by atoms with E-state index in [4.69, 9.17) is 0 Å². The van der Waals surface area contributed by atoms with E-state index in [0.29, 0.717) is 36.6 Å². The standard InChI is InChI=1S/C27H27N7O2/c1-18(2)34-17-31-25(32-34)22-16-33(27(36)23-5-3-4-11-29-23)24-7-6-20(15-21(22)24)26(35)30-14-10-19-8-12-28-13-9-19/h3-9,11-13,15,17-18,22H,10,14,16H2,1-2H3,(H,30,35). The van der Waals surface area contributed by atoms with Crippen molar-refractivity contribution < 1.29 is 9.59 Å². The monoisotopic (exact) mass is 481 g/mol. The maximum Gasteiger partial charge on any atom is 0.276 e. The van der Waals surface area contributed by atoms with E-state index in [0.717, 1.165) is 16.8 Å². The van der Waals surface area contributed by atoms with Crippen LogP contribution < -0.4 is 10.2 Å². The number of aromatic nitrogens is 5. The number of pyridine rings is 2. The third-order valence-corrected chi connectivity index (χ3v) is 6.27. The highest BCUT2D eigenvalue weighted by molar-refractivity contribution is 6.07. The number of carbonyl (C=O) groups excluding carboxylic acids is 2. The number of hydrogen-bond acceptors (Lipinski definition) is 6. The smallest absolute Gasteiger partial charge is 0.276 e. The van der Waals surface area contributed by atoms with E-state index >= 15 is 0 Å². The fourth-order valence-electron chi connectivity index (χ4n) is 4.31. The second-order valence-corrected chi connectivity index (χ2v) is 8.99. The SMILES string of the molecule is CC(C)n1cnc(C2CN(C(=O)c3ccccn3)c3ccc(C(=O)NCCc4ccncc4)cc32)n1. The molecule has 182 valence electrons. The van der Waals surface area contributed by atoms with Gasteiger partial charge < -0.3 is 10.2 Å². The number of hydrogen-bond donors (Lipinski definition) is 1. The number of carbonyl (C=O) groups is 2. The topological polar surface area (TPSA) is 106 Å². The van der Waals surface area contributed by atoms with E-state index in [-0.39, 0.29) is 23.8 Å². The summed E-state index contributed by atoms with van der Waals surface area (Å²) in [5, 5.41) is 7.65. The molecule has 0 bridgehead atoms. The number of rotatable bonds is 7. The van der Waals surface area contributed by atoms with Crippen LogP contribution in [0.4, 0.5) is 5.69 Å². The number of nitrogens with one attached hydrogen (secondary N) is 1. The maximum atomic E-state index is 13.3. The van der Waals surface area contributed by atoms with Crippen LogP contribution in [0.3, 0.4) is 0 Å². The molecule has 1 atom stereocenters. The molecule has 0 aliphatic carbocycles. The van der Waals surface area contributed by atoms with Gasteiger partial charge in [-0.3, -0.25) is 24.2 Å². The third-order valence-electron chi connectivity index (χ3n) is 6.27. The summed E-state index contributed by atoms with van der Waals surface area (Å²) in [4.78, 5) is 40.8. The highest BCUT2D eigenvalue weighted by Crippen LogP contribution is 2.40. The van der Waals surface area contributed by atoms with Gasteiger partial charge in [-0.05, 0) is 73.9 Å². The van der Waals surface area contributed by atoms with Crippen LogP contribution in [0.15, 0.2) is 73.4 Å². The van der Waals surface area contributed by atoms with E-state index < -0.39 is 0 Å². The highest BCUT2D eigenvalue weighted by Gasteiger charge is 2.37. The third kappa shape index (κ3) is 4.72. The molecule has 0 fully saturated rings. The normalized spacial score (nSPS) is 14.6. The Balaban J connectivity index is 1.42. The lowest BCUT2D eigenvalue weighted by atomic mass is 9.98. The first-order valence-electron chi connectivity index (χ1n) is 12.0. The Kier molecular flexibility index (Phi) is 6.53. The van der Waals surface area contributed by atoms with Crippen molar-refractivity contribution in [2.45, 2.75) is 32.2 Å². The molecule has 1 aromatic carbocycles. The zero-order valence-electron chi connectivity index (χ0n) is 20.2. The molecule has 36 heavy (non-hydrogen) atoms. The summed E-state index contributed by atoms with van der Waals surface area (Å²) in [6.45, 7) is 4.95. The fourth-order valence-corrected chi connectivity index (χ4v) is 4.31. The Hall–Kier alpha value is -4.40. The van der Waals surface area contributed by atoms with Crippen LogP contribution >= 0.6 is 0 Å². The minimum Gasteiger partial charge on any atom is -0.352 e. The van der Waals surface area contributed by atoms with Crippen LogP contribution in [0.5, 0.6) is 0 Å². The number of benzene rings is 1. The molecule has 0 saturated heterocycles. The summed E-state index contributed by atoms with van der Waals surface area (Å²) in [6.07, 6.45) is 7.51. The maximum absolute atomic E-state index is 13.3. The quantitative estimate of drug-likeness (QED) is 0.434. The molecule has 1 aliphatic heterocycles. The first-order valence-corrected chi connectivity index (χ1v) is 12.0. The molecule has 1 N–H and O–H groups in total. The number of amides is 2. The minimum absolute atomic E-state index is 0.163. The zero-order valence-corrected chi connectivity index (χ0v) is 20.2. The van der Waals surface area contributed by atoms with Crippen molar-refractivity contribution in [1.29, 1.82) is 0 Å². The van der Waals surface area contributed by atoms with Gasteiger partial charge in [0.05, 0.1) is 5.92 Å². The second-order valence-electron chi connectivity index (χ2n) is 8.99. The zero-order chi connectivity index (χ0) is 25.1. The van der Waals surface area contributed by atoms with Gasteiger partial charge >= 0.3 is 0 Å². The van der Waals surface area contributed by atoms with Gasteiger partial charge in [-0.15, -0.1) is 0 Å². The van der Waals surface area contributed by atoms with Gasteiger partial charge in [0.15, 0.2) is 5.82 Å². The van der Waals surface area contributed by atoms with Crippen molar-refractivity contribution >= 4 is 17.5 Å². The van der Waals surface area contributed by atoms with Gasteiger partial charge in [-0.2, -0.15) is 5.10 Å². The van der Waals surface area contributed by atoms with Crippen molar-refractivity contribution in [3.63, 3.8) is 0 Å². The number of nitrogens with zero attached hydrogens (tertiary/aromatic N) is 6. The van der Waals surface area contributed by atoms with Crippen molar-refractivity contribution in [1.82, 2.24) is 30.0 Å². The summed E-state index contributed by atoms with van der Waals surface area (Å²) in [7, 11) is 0. The van der Waals surface area contributed by atoms with E-state index in [2.05, 4.69) is 25.4 Å². The van der Waals surface area contributed by atoms with Crippen LogP contribution in [0, 0.1) is 0 Å². The molecule has 0 saturated carbocycles. The van der Waals surface area contributed by atoms with Crippen LogP contribution in [0.2, 0.25) is 0 Å². The second kappa shape index (κ2) is 10.1. The van der Waals surface area contributed by atoms with Crippen LogP contribution in [-0.2, 0) is 6.42 Å². The van der Waals surface area contributed by atoms with Crippen molar-refractivity contribution in [3.05, 3.63) is 102 Å². The van der Waals surface area contributed by atoms with Gasteiger partial charge in [0.1, 0.15) is 12.0 Å². The molecule has 9 nitrogen and oxygen atoms in total. The molecule has 3 aromatic heterocycles. The molecule has 1 aliphatic rings. The Bertz CT molecular complexity index is 1370. The summed E-state index contributed by atoms with van der Waals surface area (Å²) in [6, 6.07) is 14.7. The lowest BCUT2D eigenvalue weighted by Gasteiger charge is -2.17. The molecule has 2 amide bonds. The minimum atomic E-state index is -0.253. The van der Waals surface area contributed by atoms with Crippen molar-refractivity contribution in [2.75, 3.05) is 18.0 Å². The first kappa shape index (κ1) is 23.3. The number of anilines is 1. The predicted molar refractivity (Wildman–Crippen MR) is 135 cm³/mol. The molecule has 5 rings (SSSR count). The summed E-state index contributed by atoms with van der Waals surface area (Å²) in [5.41, 5.74) is 3.59. The molecule has 0 spiro atoms. The summed E-state index contributed by atoms with van der Waals surface area (Å²) < 4.78 is 1.80. The van der Waals surface area contributed by atoms with Crippen molar-refractivity contribution in [3.8, 4) is 0 Å². The fraction of sp³-hybridized carbons (Fsp3) is 0.259. The summed E-state index contributed by atoms with van der Waals surface area (Å²) >= 11 is 0.